The number of aromatic nitrogens is 4. The van der Waals surface area contributed by atoms with Gasteiger partial charge in [0.15, 0.2) is 0 Å². The van der Waals surface area contributed by atoms with E-state index >= 15 is 0 Å². The monoisotopic (exact) mass is 361 g/mol. The highest BCUT2D eigenvalue weighted by Gasteiger charge is 2.27. The average molecular weight is 361 g/mol. The van der Waals surface area contributed by atoms with Crippen LogP contribution in [0.5, 0.6) is 0 Å². The van der Waals surface area contributed by atoms with Crippen molar-refractivity contribution < 1.29 is 4.79 Å². The van der Waals surface area contributed by atoms with Crippen molar-refractivity contribution >= 4 is 22.8 Å². The lowest BCUT2D eigenvalue weighted by molar-refractivity contribution is 0.0735. The molecule has 6 nitrogen and oxygen atoms in total. The molecule has 128 valence electrons. The minimum Gasteiger partial charge on any atom is -0.334 e. The second kappa shape index (κ2) is 6.03. The van der Waals surface area contributed by atoms with E-state index in [1.54, 1.807) is 28.4 Å². The second-order valence-corrected chi connectivity index (χ2v) is 7.00. The van der Waals surface area contributed by atoms with Crippen LogP contribution in [0.3, 0.4) is 0 Å². The molecule has 1 aliphatic rings. The van der Waals surface area contributed by atoms with Gasteiger partial charge >= 0.3 is 0 Å². The standard InChI is InChI=1S/C19H15N5OS/c25-19(14-9-22-24-6-2-1-3-17(14)24)23-7-4-16-15(10-23)18(21-12-20-16)13-5-8-26-11-13/h1-3,5-6,8-9,11-12H,4,7,10H2. The highest BCUT2D eigenvalue weighted by molar-refractivity contribution is 7.08. The summed E-state index contributed by atoms with van der Waals surface area (Å²) in [6.07, 6.45) is 5.85. The molecule has 0 aliphatic carbocycles. The van der Waals surface area contributed by atoms with E-state index in [1.165, 1.54) is 0 Å². The Morgan fingerprint density at radius 3 is 3.04 bits per heavy atom. The highest BCUT2D eigenvalue weighted by atomic mass is 32.1. The van der Waals surface area contributed by atoms with Crippen LogP contribution in [-0.2, 0) is 13.0 Å². The van der Waals surface area contributed by atoms with E-state index in [9.17, 15) is 4.79 Å². The quantitative estimate of drug-likeness (QED) is 0.550. The first-order valence-electron chi connectivity index (χ1n) is 8.38. The molecule has 4 aromatic heterocycles. The van der Waals surface area contributed by atoms with Gasteiger partial charge in [-0.25, -0.2) is 14.5 Å². The van der Waals surface area contributed by atoms with Crippen molar-refractivity contribution in [3.63, 3.8) is 0 Å². The molecule has 1 aliphatic heterocycles. The summed E-state index contributed by atoms with van der Waals surface area (Å²) in [5.41, 5.74) is 5.54. The number of hydrogen-bond donors (Lipinski definition) is 0. The van der Waals surface area contributed by atoms with Crippen LogP contribution < -0.4 is 0 Å². The first-order chi connectivity index (χ1) is 12.8. The Labute approximate surface area is 153 Å². The lowest BCUT2D eigenvalue weighted by atomic mass is 10.0. The van der Waals surface area contributed by atoms with Gasteiger partial charge in [-0.3, -0.25) is 4.79 Å². The highest BCUT2D eigenvalue weighted by Crippen LogP contribution is 2.29. The molecular formula is C19H15N5OS. The van der Waals surface area contributed by atoms with E-state index in [2.05, 4.69) is 26.5 Å². The Bertz CT molecular complexity index is 1100. The van der Waals surface area contributed by atoms with Crippen LogP contribution in [0.2, 0.25) is 0 Å². The molecule has 0 unspecified atom stereocenters. The number of thiophene rings is 1. The number of rotatable bonds is 2. The topological polar surface area (TPSA) is 63.4 Å². The van der Waals surface area contributed by atoms with Crippen LogP contribution in [0.25, 0.3) is 16.8 Å². The number of hydrogen-bond acceptors (Lipinski definition) is 5. The molecule has 0 fully saturated rings. The molecule has 0 saturated heterocycles. The summed E-state index contributed by atoms with van der Waals surface area (Å²) >= 11 is 1.64. The van der Waals surface area contributed by atoms with Crippen molar-refractivity contribution in [2.24, 2.45) is 0 Å². The minimum absolute atomic E-state index is 0.00280. The number of amides is 1. The van der Waals surface area contributed by atoms with Crippen LogP contribution in [0, 0.1) is 0 Å². The Morgan fingerprint density at radius 2 is 2.15 bits per heavy atom. The maximum Gasteiger partial charge on any atom is 0.258 e. The summed E-state index contributed by atoms with van der Waals surface area (Å²) in [4.78, 5) is 23.9. The molecule has 0 N–H and O–H groups in total. The summed E-state index contributed by atoms with van der Waals surface area (Å²) in [7, 11) is 0. The zero-order chi connectivity index (χ0) is 17.5. The van der Waals surface area contributed by atoms with Gasteiger partial charge in [0.1, 0.15) is 6.33 Å². The largest absolute Gasteiger partial charge is 0.334 e. The summed E-state index contributed by atoms with van der Waals surface area (Å²) in [6, 6.07) is 7.79. The van der Waals surface area contributed by atoms with Crippen molar-refractivity contribution in [1.82, 2.24) is 24.5 Å². The summed E-state index contributed by atoms with van der Waals surface area (Å²) in [5, 5.41) is 8.40. The van der Waals surface area contributed by atoms with Gasteiger partial charge in [0.25, 0.3) is 5.91 Å². The Kier molecular flexibility index (Phi) is 3.53. The normalized spacial score (nSPS) is 13.8. The van der Waals surface area contributed by atoms with E-state index in [0.29, 0.717) is 18.7 Å². The van der Waals surface area contributed by atoms with Crippen LogP contribution >= 0.6 is 11.3 Å². The third-order valence-corrected chi connectivity index (χ3v) is 5.42. The van der Waals surface area contributed by atoms with Gasteiger partial charge in [-0.15, -0.1) is 0 Å². The van der Waals surface area contributed by atoms with Crippen LogP contribution in [-0.4, -0.2) is 36.9 Å². The van der Waals surface area contributed by atoms with Crippen molar-refractivity contribution in [3.8, 4) is 11.3 Å². The molecule has 0 aromatic carbocycles. The van der Waals surface area contributed by atoms with E-state index in [0.717, 1.165) is 34.5 Å². The van der Waals surface area contributed by atoms with Crippen molar-refractivity contribution in [3.05, 3.63) is 70.6 Å². The number of carbonyl (C=O) groups is 1. The third-order valence-electron chi connectivity index (χ3n) is 4.74. The van der Waals surface area contributed by atoms with Crippen molar-refractivity contribution in [2.75, 3.05) is 6.54 Å². The molecule has 0 atom stereocenters. The van der Waals surface area contributed by atoms with Crippen LogP contribution in [0.15, 0.2) is 53.7 Å². The molecule has 26 heavy (non-hydrogen) atoms. The predicted octanol–water partition coefficient (Wildman–Crippen LogP) is 3.05. The SMILES string of the molecule is O=C(c1cnn2ccccc12)N1CCc2ncnc(-c3ccsc3)c2C1. The first-order valence-corrected chi connectivity index (χ1v) is 9.32. The lowest BCUT2D eigenvalue weighted by Gasteiger charge is -2.29. The van der Waals surface area contributed by atoms with Crippen molar-refractivity contribution in [1.29, 1.82) is 0 Å². The predicted molar refractivity (Wildman–Crippen MR) is 99.0 cm³/mol. The molecule has 0 radical (unpaired) electrons. The molecule has 5 rings (SSSR count). The van der Waals surface area contributed by atoms with E-state index < -0.39 is 0 Å². The van der Waals surface area contributed by atoms with Crippen LogP contribution in [0.4, 0.5) is 0 Å². The zero-order valence-electron chi connectivity index (χ0n) is 13.9. The Morgan fingerprint density at radius 1 is 1.19 bits per heavy atom. The fourth-order valence-electron chi connectivity index (χ4n) is 3.43. The molecule has 0 spiro atoms. The van der Waals surface area contributed by atoms with Gasteiger partial charge in [0.2, 0.25) is 0 Å². The van der Waals surface area contributed by atoms with E-state index in [1.807, 2.05) is 34.7 Å². The fraction of sp³-hybridized carbons (Fsp3) is 0.158. The van der Waals surface area contributed by atoms with Gasteiger partial charge in [0.05, 0.1) is 28.7 Å². The summed E-state index contributed by atoms with van der Waals surface area (Å²) in [6.45, 7) is 1.17. The molecule has 4 aromatic rings. The molecule has 0 saturated carbocycles. The molecule has 7 heteroatoms. The van der Waals surface area contributed by atoms with Gasteiger partial charge in [-0.05, 0) is 23.6 Å². The number of carbonyl (C=O) groups excluding carboxylic acids is 1. The molecule has 1 amide bonds. The summed E-state index contributed by atoms with van der Waals surface area (Å²) < 4.78 is 1.73. The van der Waals surface area contributed by atoms with Gasteiger partial charge < -0.3 is 4.90 Å². The van der Waals surface area contributed by atoms with Crippen LogP contribution in [0.1, 0.15) is 21.6 Å². The maximum atomic E-state index is 13.1. The molecule has 5 heterocycles. The van der Waals surface area contributed by atoms with Crippen molar-refractivity contribution in [2.45, 2.75) is 13.0 Å². The maximum absolute atomic E-state index is 13.1. The Hall–Kier alpha value is -3.06. The van der Waals surface area contributed by atoms with E-state index in [-0.39, 0.29) is 5.91 Å². The zero-order valence-corrected chi connectivity index (χ0v) is 14.7. The third kappa shape index (κ3) is 2.40. The Balaban J connectivity index is 1.52. The summed E-state index contributed by atoms with van der Waals surface area (Å²) in [5.74, 6) is -0.00280. The second-order valence-electron chi connectivity index (χ2n) is 6.22. The average Bonchev–Trinajstić information content (AvgIpc) is 3.36. The smallest absolute Gasteiger partial charge is 0.258 e. The van der Waals surface area contributed by atoms with Gasteiger partial charge in [-0.2, -0.15) is 16.4 Å². The van der Waals surface area contributed by atoms with Gasteiger partial charge in [0, 0.05) is 42.2 Å². The number of pyridine rings is 1. The first kappa shape index (κ1) is 15.2. The fourth-order valence-corrected chi connectivity index (χ4v) is 4.07. The number of fused-ring (bicyclic) bond motifs is 2. The minimum atomic E-state index is -0.00280. The molecule has 0 bridgehead atoms. The van der Waals surface area contributed by atoms with E-state index in [4.69, 9.17) is 0 Å². The van der Waals surface area contributed by atoms with Gasteiger partial charge in [-0.1, -0.05) is 6.07 Å². The lowest BCUT2D eigenvalue weighted by Crippen LogP contribution is -2.36. The molecular weight excluding hydrogens is 346 g/mol. The number of nitrogens with zero attached hydrogens (tertiary/aromatic N) is 5.